The first kappa shape index (κ1) is 19.6. The molecule has 1 amide bonds. The van der Waals surface area contributed by atoms with Crippen LogP contribution in [0.5, 0.6) is 5.75 Å². The molecule has 0 aliphatic heterocycles. The van der Waals surface area contributed by atoms with Crippen molar-refractivity contribution in [2.45, 2.75) is 20.4 Å². The van der Waals surface area contributed by atoms with Crippen molar-refractivity contribution in [1.82, 2.24) is 5.32 Å². The van der Waals surface area contributed by atoms with Gasteiger partial charge in [0.1, 0.15) is 17.1 Å². The van der Waals surface area contributed by atoms with E-state index >= 15 is 0 Å². The summed E-state index contributed by atoms with van der Waals surface area (Å²) in [5, 5.41) is 3.82. The molecule has 4 aromatic rings. The van der Waals surface area contributed by atoms with Gasteiger partial charge in [0.15, 0.2) is 0 Å². The van der Waals surface area contributed by atoms with Crippen molar-refractivity contribution in [3.8, 4) is 16.9 Å². The Morgan fingerprint density at radius 2 is 1.93 bits per heavy atom. The fourth-order valence-electron chi connectivity index (χ4n) is 3.63. The summed E-state index contributed by atoms with van der Waals surface area (Å²) in [5.74, 6) is 1.21. The van der Waals surface area contributed by atoms with Crippen molar-refractivity contribution in [1.29, 1.82) is 0 Å². The van der Waals surface area contributed by atoms with Crippen LogP contribution in [-0.2, 0) is 11.3 Å². The number of hydrogen-bond donors (Lipinski definition) is 1. The number of carbonyl (C=O) groups excluding carboxylic acids is 1. The van der Waals surface area contributed by atoms with Crippen LogP contribution < -0.4 is 10.1 Å². The van der Waals surface area contributed by atoms with Gasteiger partial charge in [-0.25, -0.2) is 0 Å². The van der Waals surface area contributed by atoms with Gasteiger partial charge in [-0.3, -0.25) is 4.79 Å². The first-order valence-corrected chi connectivity index (χ1v) is 9.71. The van der Waals surface area contributed by atoms with Gasteiger partial charge in [0.05, 0.1) is 26.2 Å². The lowest BCUT2D eigenvalue weighted by Crippen LogP contribution is -2.20. The SMILES string of the molecule is COc1c(/C(C)=C/C(=O)NCc2ccco2)cc2c(-c3ccccc3)coc2c1C. The van der Waals surface area contributed by atoms with Gasteiger partial charge in [-0.1, -0.05) is 30.3 Å². The monoisotopic (exact) mass is 401 g/mol. The smallest absolute Gasteiger partial charge is 0.244 e. The van der Waals surface area contributed by atoms with Gasteiger partial charge in [0.25, 0.3) is 0 Å². The summed E-state index contributed by atoms with van der Waals surface area (Å²) in [7, 11) is 1.63. The predicted molar refractivity (Wildman–Crippen MR) is 117 cm³/mol. The van der Waals surface area contributed by atoms with Gasteiger partial charge in [0.2, 0.25) is 5.91 Å². The molecule has 30 heavy (non-hydrogen) atoms. The highest BCUT2D eigenvalue weighted by atomic mass is 16.5. The number of aryl methyl sites for hydroxylation is 1. The van der Waals surface area contributed by atoms with Crippen LogP contribution >= 0.6 is 0 Å². The molecule has 0 fully saturated rings. The minimum Gasteiger partial charge on any atom is -0.496 e. The molecule has 0 saturated heterocycles. The maximum absolute atomic E-state index is 12.4. The summed E-state index contributed by atoms with van der Waals surface area (Å²) >= 11 is 0. The lowest BCUT2D eigenvalue weighted by molar-refractivity contribution is -0.116. The van der Waals surface area contributed by atoms with E-state index in [9.17, 15) is 4.79 Å². The first-order chi connectivity index (χ1) is 14.6. The first-order valence-electron chi connectivity index (χ1n) is 9.71. The highest BCUT2D eigenvalue weighted by molar-refractivity contribution is 6.01. The van der Waals surface area contributed by atoms with E-state index in [1.165, 1.54) is 0 Å². The molecule has 2 aromatic carbocycles. The lowest BCUT2D eigenvalue weighted by Gasteiger charge is -2.13. The van der Waals surface area contributed by atoms with Gasteiger partial charge in [0, 0.05) is 28.2 Å². The van der Waals surface area contributed by atoms with Crippen LogP contribution in [0.4, 0.5) is 0 Å². The van der Waals surface area contributed by atoms with Crippen molar-refractivity contribution < 1.29 is 18.4 Å². The largest absolute Gasteiger partial charge is 0.496 e. The summed E-state index contributed by atoms with van der Waals surface area (Å²) in [6, 6.07) is 15.7. The highest BCUT2D eigenvalue weighted by Crippen LogP contribution is 2.40. The molecule has 0 aliphatic carbocycles. The number of fused-ring (bicyclic) bond motifs is 1. The molecule has 0 unspecified atom stereocenters. The summed E-state index contributed by atoms with van der Waals surface area (Å²) in [6.45, 7) is 4.20. The van der Waals surface area contributed by atoms with Crippen molar-refractivity contribution in [2.75, 3.05) is 7.11 Å². The van der Waals surface area contributed by atoms with Crippen LogP contribution in [0.3, 0.4) is 0 Å². The summed E-state index contributed by atoms with van der Waals surface area (Å²) in [6.07, 6.45) is 4.93. The van der Waals surface area contributed by atoms with Crippen molar-refractivity contribution in [2.24, 2.45) is 0 Å². The van der Waals surface area contributed by atoms with E-state index in [1.807, 2.05) is 56.3 Å². The molecule has 0 spiro atoms. The van der Waals surface area contributed by atoms with Crippen molar-refractivity contribution in [3.63, 3.8) is 0 Å². The van der Waals surface area contributed by atoms with Crippen molar-refractivity contribution >= 4 is 22.4 Å². The maximum Gasteiger partial charge on any atom is 0.244 e. The average Bonchev–Trinajstić information content (AvgIpc) is 3.42. The minimum absolute atomic E-state index is 0.195. The van der Waals surface area contributed by atoms with Crippen LogP contribution in [0.15, 0.2) is 76.0 Å². The molecule has 2 heterocycles. The molecular weight excluding hydrogens is 378 g/mol. The Hall–Kier alpha value is -3.73. The third-order valence-corrected chi connectivity index (χ3v) is 5.12. The predicted octanol–water partition coefficient (Wildman–Crippen LogP) is 5.73. The standard InChI is InChI=1S/C25H23NO4/c1-16(12-23(27)26-14-19-10-7-11-29-19)20-13-21-22(18-8-5-4-6-9-18)15-30-25(21)17(2)24(20)28-3/h4-13,15H,14H2,1-3H3,(H,26,27)/b16-12+. The summed E-state index contributed by atoms with van der Waals surface area (Å²) in [4.78, 5) is 12.4. The van der Waals surface area contributed by atoms with Crippen LogP contribution in [0.2, 0.25) is 0 Å². The van der Waals surface area contributed by atoms with Gasteiger partial charge < -0.3 is 18.9 Å². The molecule has 152 valence electrons. The second kappa shape index (κ2) is 8.33. The van der Waals surface area contributed by atoms with Gasteiger partial charge >= 0.3 is 0 Å². The van der Waals surface area contributed by atoms with E-state index in [-0.39, 0.29) is 5.91 Å². The molecule has 0 bridgehead atoms. The Labute approximate surface area is 175 Å². The van der Waals surface area contributed by atoms with E-state index in [1.54, 1.807) is 31.8 Å². The molecule has 2 aromatic heterocycles. The van der Waals surface area contributed by atoms with E-state index < -0.39 is 0 Å². The Kier molecular flexibility index (Phi) is 5.44. The number of allylic oxidation sites excluding steroid dienone is 1. The molecule has 0 atom stereocenters. The number of carbonyl (C=O) groups is 1. The summed E-state index contributed by atoms with van der Waals surface area (Å²) in [5.41, 5.74) is 5.42. The van der Waals surface area contributed by atoms with E-state index in [0.717, 1.165) is 38.8 Å². The molecule has 0 radical (unpaired) electrons. The van der Waals surface area contributed by atoms with Crippen LogP contribution in [0.25, 0.3) is 27.7 Å². The third kappa shape index (κ3) is 3.74. The maximum atomic E-state index is 12.4. The Bertz CT molecular complexity index is 1200. The zero-order chi connectivity index (χ0) is 21.1. The second-order valence-corrected chi connectivity index (χ2v) is 7.10. The van der Waals surface area contributed by atoms with Crippen LogP contribution in [0.1, 0.15) is 23.8 Å². The molecule has 5 heteroatoms. The van der Waals surface area contributed by atoms with Crippen molar-refractivity contribution in [3.05, 3.63) is 84.0 Å². The Morgan fingerprint density at radius 1 is 1.13 bits per heavy atom. The van der Waals surface area contributed by atoms with E-state index in [4.69, 9.17) is 13.6 Å². The number of nitrogens with one attached hydrogen (secondary N) is 1. The number of hydrogen-bond acceptors (Lipinski definition) is 4. The number of amides is 1. The van der Waals surface area contributed by atoms with Gasteiger partial charge in [-0.15, -0.1) is 0 Å². The number of furan rings is 2. The number of benzene rings is 2. The molecule has 5 nitrogen and oxygen atoms in total. The van der Waals surface area contributed by atoms with Crippen LogP contribution in [0, 0.1) is 6.92 Å². The number of rotatable bonds is 6. The minimum atomic E-state index is -0.195. The number of ether oxygens (including phenoxy) is 1. The zero-order valence-electron chi connectivity index (χ0n) is 17.2. The van der Waals surface area contributed by atoms with Gasteiger partial charge in [-0.05, 0) is 43.2 Å². The average molecular weight is 401 g/mol. The number of methoxy groups -OCH3 is 1. The zero-order valence-corrected chi connectivity index (χ0v) is 17.2. The van der Waals surface area contributed by atoms with Crippen LogP contribution in [-0.4, -0.2) is 13.0 Å². The Morgan fingerprint density at radius 3 is 2.63 bits per heavy atom. The van der Waals surface area contributed by atoms with Gasteiger partial charge in [-0.2, -0.15) is 0 Å². The highest BCUT2D eigenvalue weighted by Gasteiger charge is 2.18. The normalized spacial score (nSPS) is 11.6. The quantitative estimate of drug-likeness (QED) is 0.419. The molecule has 0 saturated carbocycles. The second-order valence-electron chi connectivity index (χ2n) is 7.10. The third-order valence-electron chi connectivity index (χ3n) is 5.12. The van der Waals surface area contributed by atoms with E-state index in [2.05, 4.69) is 5.32 Å². The topological polar surface area (TPSA) is 64.6 Å². The molecule has 0 aliphatic rings. The lowest BCUT2D eigenvalue weighted by atomic mass is 9.96. The fraction of sp³-hybridized carbons (Fsp3) is 0.160. The molecule has 1 N–H and O–H groups in total. The Balaban J connectivity index is 1.72. The van der Waals surface area contributed by atoms with E-state index in [0.29, 0.717) is 18.1 Å². The molecular formula is C25H23NO4. The summed E-state index contributed by atoms with van der Waals surface area (Å²) < 4.78 is 16.8. The molecule has 4 rings (SSSR count). The fourth-order valence-corrected chi connectivity index (χ4v) is 3.63.